The first-order chi connectivity index (χ1) is 10.8. The van der Waals surface area contributed by atoms with Gasteiger partial charge >= 0.3 is 0 Å². The number of hydrogen-bond acceptors (Lipinski definition) is 4. The molecule has 5 nitrogen and oxygen atoms in total. The third-order valence-corrected chi connectivity index (χ3v) is 3.61. The van der Waals surface area contributed by atoms with Crippen LogP contribution in [-0.2, 0) is 0 Å². The summed E-state index contributed by atoms with van der Waals surface area (Å²) in [5, 5.41) is 14.6. The topological polar surface area (TPSA) is 66.9 Å². The summed E-state index contributed by atoms with van der Waals surface area (Å²) in [5.41, 5.74) is 4.82. The van der Waals surface area contributed by atoms with E-state index in [2.05, 4.69) is 21.1 Å². The van der Waals surface area contributed by atoms with E-state index in [0.29, 0.717) is 5.69 Å². The standard InChI is InChI=1S/C17H11N5/c1-11-8-19-17-15(9-20-22(17)10-11)14-6-12(7-18)21-16-5-3-2-4-13(14)16/h2-6,8-10H,1H3. The zero-order valence-electron chi connectivity index (χ0n) is 11.9. The van der Waals surface area contributed by atoms with Crippen molar-refractivity contribution in [2.24, 2.45) is 0 Å². The number of aryl methyl sites for hydroxylation is 1. The van der Waals surface area contributed by atoms with Gasteiger partial charge in [-0.1, -0.05) is 18.2 Å². The molecule has 0 fully saturated rings. The minimum atomic E-state index is 0.389. The summed E-state index contributed by atoms with van der Waals surface area (Å²) in [5.74, 6) is 0. The first-order valence-corrected chi connectivity index (χ1v) is 6.86. The lowest BCUT2D eigenvalue weighted by Gasteiger charge is -2.05. The normalized spacial score (nSPS) is 10.9. The number of rotatable bonds is 1. The summed E-state index contributed by atoms with van der Waals surface area (Å²) in [4.78, 5) is 8.83. The average Bonchev–Trinajstić information content (AvgIpc) is 2.96. The second kappa shape index (κ2) is 4.64. The summed E-state index contributed by atoms with van der Waals surface area (Å²) >= 11 is 0. The van der Waals surface area contributed by atoms with Crippen LogP contribution in [0.3, 0.4) is 0 Å². The zero-order chi connectivity index (χ0) is 15.1. The smallest absolute Gasteiger partial charge is 0.162 e. The molecule has 0 saturated heterocycles. The highest BCUT2D eigenvalue weighted by atomic mass is 15.2. The van der Waals surface area contributed by atoms with Crippen LogP contribution in [0.25, 0.3) is 27.7 Å². The van der Waals surface area contributed by atoms with E-state index in [4.69, 9.17) is 0 Å². The van der Waals surface area contributed by atoms with Gasteiger partial charge in [-0.15, -0.1) is 0 Å². The van der Waals surface area contributed by atoms with E-state index < -0.39 is 0 Å². The Morgan fingerprint density at radius 3 is 2.86 bits per heavy atom. The molecule has 4 aromatic rings. The van der Waals surface area contributed by atoms with Crippen molar-refractivity contribution in [1.82, 2.24) is 19.6 Å². The van der Waals surface area contributed by atoms with Gasteiger partial charge < -0.3 is 0 Å². The van der Waals surface area contributed by atoms with E-state index in [9.17, 15) is 5.26 Å². The first-order valence-electron chi connectivity index (χ1n) is 6.86. The largest absolute Gasteiger partial charge is 0.237 e. The number of hydrogen-bond donors (Lipinski definition) is 0. The second-order valence-corrected chi connectivity index (χ2v) is 5.14. The molecule has 1 aromatic carbocycles. The minimum Gasteiger partial charge on any atom is -0.237 e. The van der Waals surface area contributed by atoms with E-state index in [-0.39, 0.29) is 0 Å². The number of nitriles is 1. The number of fused-ring (bicyclic) bond motifs is 2. The number of nitrogens with zero attached hydrogens (tertiary/aromatic N) is 5. The molecule has 0 bridgehead atoms. The maximum absolute atomic E-state index is 9.22. The molecular formula is C17H11N5. The highest BCUT2D eigenvalue weighted by Gasteiger charge is 2.13. The van der Waals surface area contributed by atoms with Gasteiger partial charge in [0.2, 0.25) is 0 Å². The van der Waals surface area contributed by atoms with Crippen LogP contribution in [0.15, 0.2) is 48.9 Å². The molecule has 5 heteroatoms. The molecule has 0 aliphatic carbocycles. The number of para-hydroxylation sites is 1. The molecule has 0 atom stereocenters. The Kier molecular flexibility index (Phi) is 2.63. The van der Waals surface area contributed by atoms with Crippen LogP contribution >= 0.6 is 0 Å². The molecule has 22 heavy (non-hydrogen) atoms. The molecule has 104 valence electrons. The van der Waals surface area contributed by atoms with Crippen LogP contribution in [0.1, 0.15) is 11.3 Å². The Labute approximate surface area is 126 Å². The van der Waals surface area contributed by atoms with E-state index in [1.54, 1.807) is 16.8 Å². The van der Waals surface area contributed by atoms with Crippen molar-refractivity contribution in [1.29, 1.82) is 5.26 Å². The summed E-state index contributed by atoms with van der Waals surface area (Å²) < 4.78 is 1.76. The molecule has 0 amide bonds. The van der Waals surface area contributed by atoms with Crippen molar-refractivity contribution >= 4 is 16.6 Å². The molecule has 0 aliphatic rings. The third kappa shape index (κ3) is 1.82. The zero-order valence-corrected chi connectivity index (χ0v) is 11.9. The molecule has 4 rings (SSSR count). The summed E-state index contributed by atoms with van der Waals surface area (Å²) in [7, 11) is 0. The van der Waals surface area contributed by atoms with Crippen molar-refractivity contribution in [2.75, 3.05) is 0 Å². The Bertz CT molecular complexity index is 1060. The van der Waals surface area contributed by atoms with Crippen molar-refractivity contribution in [3.63, 3.8) is 0 Å². The van der Waals surface area contributed by atoms with Gasteiger partial charge in [0.25, 0.3) is 0 Å². The second-order valence-electron chi connectivity index (χ2n) is 5.14. The fourth-order valence-electron chi connectivity index (χ4n) is 2.61. The van der Waals surface area contributed by atoms with E-state index >= 15 is 0 Å². The Morgan fingerprint density at radius 2 is 2.00 bits per heavy atom. The van der Waals surface area contributed by atoms with Crippen LogP contribution in [0.2, 0.25) is 0 Å². The Morgan fingerprint density at radius 1 is 1.14 bits per heavy atom. The Hall–Kier alpha value is -3.26. The van der Waals surface area contributed by atoms with Crippen LogP contribution < -0.4 is 0 Å². The number of benzene rings is 1. The molecule has 0 spiro atoms. The fraction of sp³-hybridized carbons (Fsp3) is 0.0588. The maximum Gasteiger partial charge on any atom is 0.162 e. The summed E-state index contributed by atoms with van der Waals surface area (Å²) in [6.45, 7) is 1.98. The van der Waals surface area contributed by atoms with Crippen molar-refractivity contribution in [3.8, 4) is 17.2 Å². The van der Waals surface area contributed by atoms with Gasteiger partial charge in [0.1, 0.15) is 11.8 Å². The molecule has 3 heterocycles. The molecule has 0 aliphatic heterocycles. The van der Waals surface area contributed by atoms with Gasteiger partial charge in [0.15, 0.2) is 5.65 Å². The van der Waals surface area contributed by atoms with E-state index in [1.165, 1.54) is 0 Å². The first kappa shape index (κ1) is 12.5. The molecule has 0 unspecified atom stereocenters. The van der Waals surface area contributed by atoms with Crippen LogP contribution in [0, 0.1) is 18.3 Å². The SMILES string of the molecule is Cc1cnc2c(-c3cc(C#N)nc4ccccc34)cnn2c1. The lowest BCUT2D eigenvalue weighted by atomic mass is 10.0. The van der Waals surface area contributed by atoms with E-state index in [1.807, 2.05) is 43.6 Å². The van der Waals surface area contributed by atoms with Gasteiger partial charge in [-0.05, 0) is 30.2 Å². The molecule has 0 radical (unpaired) electrons. The van der Waals surface area contributed by atoms with Crippen LogP contribution in [0.5, 0.6) is 0 Å². The van der Waals surface area contributed by atoms with Crippen LogP contribution in [-0.4, -0.2) is 19.6 Å². The average molecular weight is 285 g/mol. The van der Waals surface area contributed by atoms with Gasteiger partial charge in [-0.25, -0.2) is 14.5 Å². The van der Waals surface area contributed by atoms with Crippen molar-refractivity contribution in [2.45, 2.75) is 6.92 Å². The van der Waals surface area contributed by atoms with Gasteiger partial charge in [-0.2, -0.15) is 10.4 Å². The van der Waals surface area contributed by atoms with Gasteiger partial charge in [0, 0.05) is 23.3 Å². The predicted molar refractivity (Wildman–Crippen MR) is 83.2 cm³/mol. The summed E-state index contributed by atoms with van der Waals surface area (Å²) in [6.07, 6.45) is 5.53. The highest BCUT2D eigenvalue weighted by Crippen LogP contribution is 2.30. The molecule has 0 N–H and O–H groups in total. The monoisotopic (exact) mass is 285 g/mol. The van der Waals surface area contributed by atoms with Crippen molar-refractivity contribution in [3.05, 3.63) is 60.2 Å². The number of aromatic nitrogens is 4. The summed E-state index contributed by atoms with van der Waals surface area (Å²) in [6, 6.07) is 11.7. The fourth-order valence-corrected chi connectivity index (χ4v) is 2.61. The molecule has 0 saturated carbocycles. The molecule has 3 aromatic heterocycles. The van der Waals surface area contributed by atoms with Gasteiger partial charge in [-0.3, -0.25) is 0 Å². The quantitative estimate of drug-likeness (QED) is 0.539. The Balaban J connectivity index is 2.10. The highest BCUT2D eigenvalue weighted by molar-refractivity contribution is 5.98. The molecular weight excluding hydrogens is 274 g/mol. The maximum atomic E-state index is 9.22. The lowest BCUT2D eigenvalue weighted by molar-refractivity contribution is 0.928. The van der Waals surface area contributed by atoms with Gasteiger partial charge in [0.05, 0.1) is 11.7 Å². The van der Waals surface area contributed by atoms with Crippen molar-refractivity contribution < 1.29 is 0 Å². The predicted octanol–water partition coefficient (Wildman–Crippen LogP) is 3.12. The minimum absolute atomic E-state index is 0.389. The third-order valence-electron chi connectivity index (χ3n) is 3.61. The lowest BCUT2D eigenvalue weighted by Crippen LogP contribution is -1.92. The number of pyridine rings is 1. The van der Waals surface area contributed by atoms with E-state index in [0.717, 1.165) is 33.2 Å². The van der Waals surface area contributed by atoms with Crippen LogP contribution in [0.4, 0.5) is 0 Å².